The van der Waals surface area contributed by atoms with Crippen LogP contribution >= 0.6 is 0 Å². The first-order valence-electron chi connectivity index (χ1n) is 3.16. The van der Waals surface area contributed by atoms with Crippen LogP contribution in [0, 0.1) is 5.92 Å². The molecule has 0 saturated heterocycles. The number of hydrogen-bond donors (Lipinski definition) is 1. The van der Waals surface area contributed by atoms with Crippen molar-refractivity contribution in [1.29, 1.82) is 0 Å². The van der Waals surface area contributed by atoms with Gasteiger partial charge in [0.25, 0.3) is 0 Å². The Hall–Kier alpha value is 1.37. The molecular formula is C6H5Na3O7. The fourth-order valence-corrected chi connectivity index (χ4v) is 0.668. The Morgan fingerprint density at radius 1 is 0.938 bits per heavy atom. The van der Waals surface area contributed by atoms with E-state index in [0.717, 1.165) is 0 Å². The fourth-order valence-electron chi connectivity index (χ4n) is 0.668. The van der Waals surface area contributed by atoms with Crippen molar-refractivity contribution in [3.63, 3.8) is 0 Å². The van der Waals surface area contributed by atoms with Crippen molar-refractivity contribution in [3.8, 4) is 0 Å². The molecule has 0 aliphatic rings. The van der Waals surface area contributed by atoms with Gasteiger partial charge in [0.05, 0.1) is 5.97 Å². The van der Waals surface area contributed by atoms with E-state index in [1.54, 1.807) is 0 Å². The smallest absolute Gasteiger partial charge is 0.550 e. The van der Waals surface area contributed by atoms with Crippen LogP contribution in [0.2, 0.25) is 0 Å². The van der Waals surface area contributed by atoms with E-state index < -0.39 is 36.4 Å². The Labute approximate surface area is 157 Å². The number of aliphatic hydroxyl groups is 1. The van der Waals surface area contributed by atoms with Crippen LogP contribution in [-0.4, -0.2) is 29.1 Å². The first-order valence-corrected chi connectivity index (χ1v) is 3.16. The van der Waals surface area contributed by atoms with Gasteiger partial charge in [-0.15, -0.1) is 0 Å². The van der Waals surface area contributed by atoms with E-state index in [1.807, 2.05) is 0 Å². The van der Waals surface area contributed by atoms with Crippen LogP contribution < -0.4 is 104 Å². The van der Waals surface area contributed by atoms with Crippen LogP contribution in [0.3, 0.4) is 0 Å². The van der Waals surface area contributed by atoms with E-state index in [9.17, 15) is 29.7 Å². The van der Waals surface area contributed by atoms with Crippen molar-refractivity contribution < 1.29 is 123 Å². The second kappa shape index (κ2) is 12.8. The van der Waals surface area contributed by atoms with E-state index in [1.165, 1.54) is 0 Å². The molecule has 0 spiro atoms. The van der Waals surface area contributed by atoms with Crippen molar-refractivity contribution >= 4 is 17.9 Å². The van der Waals surface area contributed by atoms with Crippen LogP contribution in [0.5, 0.6) is 0 Å². The molecule has 0 aliphatic carbocycles. The van der Waals surface area contributed by atoms with Gasteiger partial charge >= 0.3 is 88.7 Å². The van der Waals surface area contributed by atoms with Gasteiger partial charge in [0.1, 0.15) is 6.10 Å². The number of carboxylic acid groups (broad SMARTS) is 3. The maximum absolute atomic E-state index is 10.1. The Balaban J connectivity index is -0.000000240. The molecule has 0 bridgehead atoms. The van der Waals surface area contributed by atoms with Crippen LogP contribution in [0.15, 0.2) is 0 Å². The van der Waals surface area contributed by atoms with Gasteiger partial charge in [0.15, 0.2) is 0 Å². The fraction of sp³-hybridized carbons (Fsp3) is 0.500. The van der Waals surface area contributed by atoms with E-state index in [2.05, 4.69) is 0 Å². The Bertz CT molecular complexity index is 244. The van der Waals surface area contributed by atoms with E-state index >= 15 is 0 Å². The summed E-state index contributed by atoms with van der Waals surface area (Å²) in [5.74, 6) is -7.92. The Kier molecular flexibility index (Phi) is 20.9. The number of rotatable bonds is 5. The van der Waals surface area contributed by atoms with Crippen LogP contribution in [0.4, 0.5) is 0 Å². The average molecular weight is 258 g/mol. The van der Waals surface area contributed by atoms with Crippen LogP contribution in [0.1, 0.15) is 6.42 Å². The van der Waals surface area contributed by atoms with Gasteiger partial charge in [-0.1, -0.05) is 0 Å². The van der Waals surface area contributed by atoms with Gasteiger partial charge in [-0.2, -0.15) is 0 Å². The molecule has 0 radical (unpaired) electrons. The molecule has 0 amide bonds. The van der Waals surface area contributed by atoms with Crippen molar-refractivity contribution in [2.45, 2.75) is 12.5 Å². The molecule has 0 aromatic heterocycles. The minimum atomic E-state index is -2.41. The van der Waals surface area contributed by atoms with E-state index in [-0.39, 0.29) is 88.7 Å². The van der Waals surface area contributed by atoms with Crippen LogP contribution in [0.25, 0.3) is 0 Å². The molecule has 0 saturated carbocycles. The zero-order valence-electron chi connectivity index (χ0n) is 9.26. The molecule has 0 heterocycles. The maximum Gasteiger partial charge on any atom is 1.00 e. The van der Waals surface area contributed by atoms with Gasteiger partial charge in [-0.25, -0.2) is 0 Å². The number of carbonyl (C=O) groups excluding carboxylic acids is 3. The molecular weight excluding hydrogens is 253 g/mol. The molecule has 0 aromatic rings. The van der Waals surface area contributed by atoms with Gasteiger partial charge in [0, 0.05) is 17.9 Å². The van der Waals surface area contributed by atoms with Gasteiger partial charge in [-0.3, -0.25) is 0 Å². The summed E-state index contributed by atoms with van der Waals surface area (Å²) < 4.78 is 0. The predicted octanol–water partition coefficient (Wildman–Crippen LogP) is -14.4. The topological polar surface area (TPSA) is 141 Å². The largest absolute Gasteiger partial charge is 1.00 e. The predicted molar refractivity (Wildman–Crippen MR) is 29.1 cm³/mol. The standard InChI is InChI=1S/C6H8O7.3Na/c7-3(8)1-2(5(10)11)4(9)6(12)13;;;/h2,4,9H,1H2,(H,7,8)(H,10,11)(H,12,13);;;/q;3*+1/p-3/t2-,4+;;;/m1.../s1. The number of aliphatic hydroxyl groups excluding tert-OH is 1. The molecule has 2 atom stereocenters. The van der Waals surface area contributed by atoms with Gasteiger partial charge in [-0.05, 0) is 6.42 Å². The zero-order chi connectivity index (χ0) is 10.6. The quantitative estimate of drug-likeness (QED) is 0.482. The van der Waals surface area contributed by atoms with Gasteiger partial charge in [0.2, 0.25) is 0 Å². The normalized spacial score (nSPS) is 11.8. The van der Waals surface area contributed by atoms with Crippen molar-refractivity contribution in [2.75, 3.05) is 0 Å². The molecule has 0 aromatic carbocycles. The summed E-state index contributed by atoms with van der Waals surface area (Å²) in [7, 11) is 0. The molecule has 0 rings (SSSR count). The molecule has 7 nitrogen and oxygen atoms in total. The summed E-state index contributed by atoms with van der Waals surface area (Å²) in [6.07, 6.45) is -3.56. The van der Waals surface area contributed by atoms with E-state index in [4.69, 9.17) is 5.11 Å². The molecule has 1 N–H and O–H groups in total. The molecule has 0 aliphatic heterocycles. The second-order valence-corrected chi connectivity index (χ2v) is 2.27. The third-order valence-electron chi connectivity index (χ3n) is 1.31. The average Bonchev–Trinajstić information content (AvgIpc) is 1.97. The summed E-state index contributed by atoms with van der Waals surface area (Å²) in [6, 6.07) is 0. The molecule has 10 heteroatoms. The summed E-state index contributed by atoms with van der Waals surface area (Å²) in [4.78, 5) is 30.0. The van der Waals surface area contributed by atoms with Crippen molar-refractivity contribution in [1.82, 2.24) is 0 Å². The minimum absolute atomic E-state index is 0. The summed E-state index contributed by atoms with van der Waals surface area (Å²) in [6.45, 7) is 0. The molecule has 0 unspecified atom stereocenters. The maximum atomic E-state index is 10.1. The zero-order valence-corrected chi connectivity index (χ0v) is 15.3. The number of carboxylic acids is 3. The van der Waals surface area contributed by atoms with Crippen LogP contribution in [-0.2, 0) is 14.4 Å². The summed E-state index contributed by atoms with van der Waals surface area (Å²) in [5, 5.41) is 38.6. The second-order valence-electron chi connectivity index (χ2n) is 2.27. The molecule has 16 heavy (non-hydrogen) atoms. The number of carbonyl (C=O) groups is 3. The monoisotopic (exact) mass is 258 g/mol. The van der Waals surface area contributed by atoms with E-state index in [0.29, 0.717) is 0 Å². The third kappa shape index (κ3) is 10.5. The number of hydrogen-bond acceptors (Lipinski definition) is 7. The van der Waals surface area contributed by atoms with Crippen molar-refractivity contribution in [2.24, 2.45) is 5.92 Å². The third-order valence-corrected chi connectivity index (χ3v) is 1.31. The minimum Gasteiger partial charge on any atom is -0.550 e. The summed E-state index contributed by atoms with van der Waals surface area (Å²) >= 11 is 0. The molecule has 0 fully saturated rings. The number of aliphatic carboxylic acids is 3. The summed E-state index contributed by atoms with van der Waals surface area (Å²) in [5.41, 5.74) is 0. The Morgan fingerprint density at radius 3 is 1.50 bits per heavy atom. The van der Waals surface area contributed by atoms with Crippen molar-refractivity contribution in [3.05, 3.63) is 0 Å². The molecule has 74 valence electrons. The SMILES string of the molecule is O=C([O-])C[C@@H](C(=O)[O-])[C@H](O)C(=O)[O-].[Na+].[Na+].[Na+]. The first kappa shape index (κ1) is 26.0. The Morgan fingerprint density at radius 2 is 1.31 bits per heavy atom. The first-order chi connectivity index (χ1) is 5.86. The van der Waals surface area contributed by atoms with Gasteiger partial charge < -0.3 is 34.8 Å².